The number of aliphatic hydroxyl groups excluding tert-OH is 1. The van der Waals surface area contributed by atoms with Crippen LogP contribution in [0.1, 0.15) is 12.8 Å². The van der Waals surface area contributed by atoms with Crippen LogP contribution in [0.15, 0.2) is 0 Å². The molecule has 18 heavy (non-hydrogen) atoms. The number of aliphatic hydroxyl groups is 1. The highest BCUT2D eigenvalue weighted by Gasteiger charge is 2.50. The summed E-state index contributed by atoms with van der Waals surface area (Å²) in [7, 11) is 0. The van der Waals surface area contributed by atoms with Crippen LogP contribution in [0.3, 0.4) is 0 Å². The smallest absolute Gasteiger partial charge is 0.0515 e. The molecule has 0 spiro atoms. The number of likely N-dealkylation sites (tertiary alicyclic amines) is 1. The van der Waals surface area contributed by atoms with Gasteiger partial charge in [-0.3, -0.25) is 4.90 Å². The fourth-order valence-corrected chi connectivity index (χ4v) is 4.70. The van der Waals surface area contributed by atoms with E-state index in [0.29, 0.717) is 12.5 Å². The summed E-state index contributed by atoms with van der Waals surface area (Å²) >= 11 is 2.10. The van der Waals surface area contributed by atoms with Gasteiger partial charge >= 0.3 is 0 Å². The summed E-state index contributed by atoms with van der Waals surface area (Å²) in [6, 6.07) is 0.801. The van der Waals surface area contributed by atoms with Crippen molar-refractivity contribution in [3.8, 4) is 0 Å². The average molecular weight is 315 g/mol. The van der Waals surface area contributed by atoms with Gasteiger partial charge in [0.25, 0.3) is 0 Å². The van der Waals surface area contributed by atoms with Crippen molar-refractivity contribution >= 4 is 36.6 Å². The lowest BCUT2D eigenvalue weighted by molar-refractivity contribution is 0.116. The molecule has 0 aromatic heterocycles. The predicted octanol–water partition coefficient (Wildman–Crippen LogP) is 1.24. The molecule has 108 valence electrons. The third-order valence-electron chi connectivity index (χ3n) is 4.73. The molecule has 2 unspecified atom stereocenters. The van der Waals surface area contributed by atoms with Crippen LogP contribution in [0.25, 0.3) is 0 Å². The number of hydrogen-bond donors (Lipinski definition) is 2. The zero-order chi connectivity index (χ0) is 11.0. The number of thioether (sulfide) groups is 1. The molecule has 6 heteroatoms. The molecule has 0 saturated carbocycles. The van der Waals surface area contributed by atoms with E-state index in [-0.39, 0.29) is 30.2 Å². The van der Waals surface area contributed by atoms with Gasteiger partial charge in [0.15, 0.2) is 0 Å². The second-order valence-corrected chi connectivity index (χ2v) is 6.85. The van der Waals surface area contributed by atoms with Crippen LogP contribution < -0.4 is 5.32 Å². The maximum Gasteiger partial charge on any atom is 0.0515 e. The molecule has 3 fully saturated rings. The first-order valence-corrected chi connectivity index (χ1v) is 7.63. The topological polar surface area (TPSA) is 35.5 Å². The molecular weight excluding hydrogens is 291 g/mol. The van der Waals surface area contributed by atoms with E-state index in [0.717, 1.165) is 25.7 Å². The van der Waals surface area contributed by atoms with Crippen LogP contribution in [-0.2, 0) is 0 Å². The Kier molecular flexibility index (Phi) is 6.56. The van der Waals surface area contributed by atoms with Crippen LogP contribution in [0, 0.1) is 11.3 Å². The van der Waals surface area contributed by atoms with Gasteiger partial charge in [0.05, 0.1) is 6.61 Å². The van der Waals surface area contributed by atoms with Gasteiger partial charge in [-0.1, -0.05) is 0 Å². The summed E-state index contributed by atoms with van der Waals surface area (Å²) in [6.45, 7) is 4.83. The monoisotopic (exact) mass is 314 g/mol. The first kappa shape index (κ1) is 16.9. The van der Waals surface area contributed by atoms with E-state index < -0.39 is 0 Å². The quantitative estimate of drug-likeness (QED) is 0.804. The number of hydrogen-bond acceptors (Lipinski definition) is 4. The van der Waals surface area contributed by atoms with E-state index in [9.17, 15) is 5.11 Å². The molecule has 0 aromatic rings. The fraction of sp³-hybridized carbons (Fsp3) is 1.00. The van der Waals surface area contributed by atoms with Crippen molar-refractivity contribution in [1.82, 2.24) is 10.2 Å². The first-order valence-electron chi connectivity index (χ1n) is 6.47. The predicted molar refractivity (Wildman–Crippen MR) is 82.3 cm³/mol. The van der Waals surface area contributed by atoms with Gasteiger partial charge in [-0.25, -0.2) is 0 Å². The Morgan fingerprint density at radius 2 is 2.00 bits per heavy atom. The zero-order valence-corrected chi connectivity index (χ0v) is 13.1. The average Bonchev–Trinajstić information content (AvgIpc) is 2.86. The second-order valence-electron chi connectivity index (χ2n) is 5.62. The molecule has 3 heterocycles. The number of nitrogens with zero attached hydrogens (tertiary/aromatic N) is 1. The molecule has 0 radical (unpaired) electrons. The van der Waals surface area contributed by atoms with Crippen molar-refractivity contribution in [3.63, 3.8) is 0 Å². The van der Waals surface area contributed by atoms with Crippen LogP contribution in [-0.4, -0.2) is 60.3 Å². The van der Waals surface area contributed by atoms with E-state index in [1.54, 1.807) is 0 Å². The highest BCUT2D eigenvalue weighted by atomic mass is 35.5. The normalized spacial score (nSPS) is 36.8. The van der Waals surface area contributed by atoms with Crippen LogP contribution in [0.5, 0.6) is 0 Å². The Balaban J connectivity index is 0.000000810. The minimum atomic E-state index is 0. The van der Waals surface area contributed by atoms with Crippen LogP contribution in [0.2, 0.25) is 0 Å². The number of nitrogens with one attached hydrogen (secondary N) is 1. The van der Waals surface area contributed by atoms with E-state index in [1.165, 1.54) is 30.9 Å². The van der Waals surface area contributed by atoms with Crippen LogP contribution >= 0.6 is 36.6 Å². The first-order chi connectivity index (χ1) is 7.84. The van der Waals surface area contributed by atoms with Crippen molar-refractivity contribution in [1.29, 1.82) is 0 Å². The lowest BCUT2D eigenvalue weighted by atomic mass is 9.82. The van der Waals surface area contributed by atoms with E-state index >= 15 is 0 Å². The third-order valence-corrected chi connectivity index (χ3v) is 5.78. The lowest BCUT2D eigenvalue weighted by Crippen LogP contribution is -2.41. The Morgan fingerprint density at radius 3 is 2.61 bits per heavy atom. The van der Waals surface area contributed by atoms with Gasteiger partial charge in [-0.15, -0.1) is 24.8 Å². The molecule has 3 aliphatic heterocycles. The molecule has 3 aliphatic rings. The molecule has 0 aliphatic carbocycles. The summed E-state index contributed by atoms with van der Waals surface area (Å²) in [5.74, 6) is 3.35. The molecule has 0 amide bonds. The summed E-state index contributed by atoms with van der Waals surface area (Å²) in [5.41, 5.74) is 0.185. The van der Waals surface area contributed by atoms with Crippen molar-refractivity contribution in [2.24, 2.45) is 11.3 Å². The molecule has 2 atom stereocenters. The summed E-state index contributed by atoms with van der Waals surface area (Å²) in [4.78, 5) is 2.67. The molecule has 3 saturated heterocycles. The molecule has 0 aromatic carbocycles. The lowest BCUT2D eigenvalue weighted by Gasteiger charge is -2.32. The van der Waals surface area contributed by atoms with Gasteiger partial charge in [0, 0.05) is 31.1 Å². The van der Waals surface area contributed by atoms with Gasteiger partial charge < -0.3 is 10.4 Å². The van der Waals surface area contributed by atoms with Crippen molar-refractivity contribution in [2.75, 3.05) is 44.3 Å². The third kappa shape index (κ3) is 2.94. The highest BCUT2D eigenvalue weighted by Crippen LogP contribution is 2.40. The van der Waals surface area contributed by atoms with E-state index in [2.05, 4.69) is 22.0 Å². The summed E-state index contributed by atoms with van der Waals surface area (Å²) in [6.07, 6.45) is 2.71. The largest absolute Gasteiger partial charge is 0.396 e. The van der Waals surface area contributed by atoms with Gasteiger partial charge in [0.2, 0.25) is 0 Å². The van der Waals surface area contributed by atoms with Crippen molar-refractivity contribution in [2.45, 2.75) is 18.9 Å². The molecule has 0 bridgehead atoms. The van der Waals surface area contributed by atoms with Gasteiger partial charge in [-0.2, -0.15) is 11.8 Å². The van der Waals surface area contributed by atoms with E-state index in [4.69, 9.17) is 0 Å². The Labute approximate surface area is 126 Å². The SMILES string of the molecule is Cl.Cl.OCC12CNCC1CN(C1CCSCC1)C2. The fourth-order valence-electron chi connectivity index (χ4n) is 3.61. The Hall–Kier alpha value is 0.810. The summed E-state index contributed by atoms with van der Waals surface area (Å²) in [5, 5.41) is 13.1. The molecule has 2 N–H and O–H groups in total. The van der Waals surface area contributed by atoms with Crippen LogP contribution in [0.4, 0.5) is 0 Å². The summed E-state index contributed by atoms with van der Waals surface area (Å²) < 4.78 is 0. The van der Waals surface area contributed by atoms with Gasteiger partial charge in [0.1, 0.15) is 0 Å². The van der Waals surface area contributed by atoms with Crippen molar-refractivity contribution < 1.29 is 5.11 Å². The number of halogens is 2. The minimum absolute atomic E-state index is 0. The van der Waals surface area contributed by atoms with Crippen molar-refractivity contribution in [3.05, 3.63) is 0 Å². The Bertz CT molecular complexity index is 266. The minimum Gasteiger partial charge on any atom is -0.396 e. The van der Waals surface area contributed by atoms with E-state index in [1.807, 2.05) is 0 Å². The highest BCUT2D eigenvalue weighted by molar-refractivity contribution is 7.99. The second kappa shape index (κ2) is 7.00. The molecule has 3 nitrogen and oxygen atoms in total. The number of rotatable bonds is 2. The number of fused-ring (bicyclic) bond motifs is 1. The molecule has 3 rings (SSSR count). The molecular formula is C12H24Cl2N2OS. The zero-order valence-electron chi connectivity index (χ0n) is 10.6. The maximum atomic E-state index is 9.67. The standard InChI is InChI=1S/C12H22N2OS.2ClH/c15-9-12-7-13-5-10(12)6-14(8-12)11-1-3-16-4-2-11;;/h10-11,13,15H,1-9H2;2*1H. The van der Waals surface area contributed by atoms with Gasteiger partial charge in [-0.05, 0) is 36.8 Å². The Morgan fingerprint density at radius 1 is 1.28 bits per heavy atom. The maximum absolute atomic E-state index is 9.67.